The molecule has 0 fully saturated rings. The molecule has 1 heterocycles. The molecular formula is C22H24ClNO4S. The Bertz CT molecular complexity index is 1000. The van der Waals surface area contributed by atoms with Crippen LogP contribution >= 0.6 is 23.4 Å². The lowest BCUT2D eigenvalue weighted by Crippen LogP contribution is -2.02. The van der Waals surface area contributed by atoms with Crippen molar-refractivity contribution in [3.05, 3.63) is 52.2 Å². The van der Waals surface area contributed by atoms with Gasteiger partial charge in [-0.3, -0.25) is 4.79 Å². The maximum absolute atomic E-state index is 10.8. The van der Waals surface area contributed by atoms with E-state index in [-0.39, 0.29) is 6.42 Å². The summed E-state index contributed by atoms with van der Waals surface area (Å²) in [6, 6.07) is 9.42. The van der Waals surface area contributed by atoms with Crippen molar-refractivity contribution in [2.24, 2.45) is 0 Å². The van der Waals surface area contributed by atoms with Crippen molar-refractivity contribution in [3.63, 3.8) is 0 Å². The van der Waals surface area contributed by atoms with Crippen LogP contribution in [0.5, 0.6) is 5.75 Å². The first-order chi connectivity index (χ1) is 14.0. The van der Waals surface area contributed by atoms with Crippen LogP contribution < -0.4 is 4.74 Å². The summed E-state index contributed by atoms with van der Waals surface area (Å²) in [5.41, 5.74) is 3.50. The summed E-state index contributed by atoms with van der Waals surface area (Å²) in [6.45, 7) is 4.67. The second kappa shape index (κ2) is 10.0. The van der Waals surface area contributed by atoms with Gasteiger partial charge in [-0.15, -0.1) is 11.8 Å². The van der Waals surface area contributed by atoms with Gasteiger partial charge in [0.15, 0.2) is 5.58 Å². The minimum Gasteiger partial charge on any atom is -0.493 e. The van der Waals surface area contributed by atoms with Gasteiger partial charge in [-0.05, 0) is 49.6 Å². The Labute approximate surface area is 179 Å². The predicted molar refractivity (Wildman–Crippen MR) is 116 cm³/mol. The molecule has 2 aromatic carbocycles. The number of aryl methyl sites for hydroxylation is 2. The fourth-order valence-electron chi connectivity index (χ4n) is 3.15. The van der Waals surface area contributed by atoms with E-state index < -0.39 is 5.97 Å². The van der Waals surface area contributed by atoms with Gasteiger partial charge in [-0.2, -0.15) is 0 Å². The number of halogens is 1. The fourth-order valence-corrected chi connectivity index (χ4v) is 4.36. The number of benzene rings is 2. The third kappa shape index (κ3) is 5.46. The second-order valence-corrected chi connectivity index (χ2v) is 8.37. The first-order valence-corrected chi connectivity index (χ1v) is 11.0. The molecule has 3 aromatic rings. The predicted octanol–water partition coefficient (Wildman–Crippen LogP) is 5.93. The number of aromatic nitrogens is 1. The molecule has 0 aliphatic heterocycles. The Balaban J connectivity index is 1.54. The van der Waals surface area contributed by atoms with E-state index in [1.54, 1.807) is 17.8 Å². The number of fused-ring (bicyclic) bond motifs is 1. The first-order valence-electron chi connectivity index (χ1n) is 9.63. The first kappa shape index (κ1) is 21.5. The van der Waals surface area contributed by atoms with Crippen LogP contribution in [0.2, 0.25) is 5.02 Å². The number of thioether (sulfide) groups is 1. The molecular weight excluding hydrogens is 410 g/mol. The summed E-state index contributed by atoms with van der Waals surface area (Å²) < 4.78 is 11.6. The van der Waals surface area contributed by atoms with E-state index in [2.05, 4.69) is 12.1 Å². The Morgan fingerprint density at radius 3 is 2.86 bits per heavy atom. The SMILES string of the molecule is CCCc1c(OCCCSc2ccc(CC(=O)O)cc2Cl)ccc2c(C)noc12. The van der Waals surface area contributed by atoms with E-state index in [9.17, 15) is 4.79 Å². The Kier molecular flexibility index (Phi) is 7.45. The molecule has 7 heteroatoms. The van der Waals surface area contributed by atoms with E-state index >= 15 is 0 Å². The number of hydrogen-bond acceptors (Lipinski definition) is 5. The van der Waals surface area contributed by atoms with Crippen molar-refractivity contribution >= 4 is 40.3 Å². The average Bonchev–Trinajstić information content (AvgIpc) is 3.05. The lowest BCUT2D eigenvalue weighted by Gasteiger charge is -2.11. The summed E-state index contributed by atoms with van der Waals surface area (Å²) in [4.78, 5) is 11.7. The number of aliphatic carboxylic acids is 1. The molecule has 5 nitrogen and oxygen atoms in total. The lowest BCUT2D eigenvalue weighted by molar-refractivity contribution is -0.136. The summed E-state index contributed by atoms with van der Waals surface area (Å²) in [5, 5.41) is 14.6. The monoisotopic (exact) mass is 433 g/mol. The van der Waals surface area contributed by atoms with Crippen molar-refractivity contribution in [1.82, 2.24) is 5.16 Å². The molecule has 0 bridgehead atoms. The molecule has 0 atom stereocenters. The quantitative estimate of drug-likeness (QED) is 0.315. The number of rotatable bonds is 10. The van der Waals surface area contributed by atoms with Crippen LogP contribution in [0.25, 0.3) is 11.0 Å². The highest BCUT2D eigenvalue weighted by Gasteiger charge is 2.14. The molecule has 0 amide bonds. The third-order valence-corrected chi connectivity index (χ3v) is 6.12. The van der Waals surface area contributed by atoms with Gasteiger partial charge in [-0.1, -0.05) is 36.2 Å². The number of carboxylic acids is 1. The highest BCUT2D eigenvalue weighted by atomic mass is 35.5. The van der Waals surface area contributed by atoms with E-state index in [4.69, 9.17) is 26.0 Å². The lowest BCUT2D eigenvalue weighted by atomic mass is 10.1. The molecule has 154 valence electrons. The van der Waals surface area contributed by atoms with Crippen LogP contribution in [-0.4, -0.2) is 28.6 Å². The van der Waals surface area contributed by atoms with E-state index in [1.165, 1.54) is 0 Å². The molecule has 0 spiro atoms. The maximum atomic E-state index is 10.8. The number of hydrogen-bond donors (Lipinski definition) is 1. The number of ether oxygens (including phenoxy) is 1. The van der Waals surface area contributed by atoms with Crippen LogP contribution in [0, 0.1) is 6.92 Å². The van der Waals surface area contributed by atoms with Crippen molar-refractivity contribution in [1.29, 1.82) is 0 Å². The Morgan fingerprint density at radius 1 is 1.31 bits per heavy atom. The molecule has 3 rings (SSSR count). The minimum atomic E-state index is -0.861. The molecule has 0 radical (unpaired) electrons. The van der Waals surface area contributed by atoms with Gasteiger partial charge in [0, 0.05) is 21.6 Å². The normalized spacial score (nSPS) is 11.1. The molecule has 1 aromatic heterocycles. The average molecular weight is 434 g/mol. The molecule has 29 heavy (non-hydrogen) atoms. The van der Waals surface area contributed by atoms with Gasteiger partial charge in [-0.25, -0.2) is 0 Å². The smallest absolute Gasteiger partial charge is 0.307 e. The van der Waals surface area contributed by atoms with Crippen molar-refractivity contribution < 1.29 is 19.2 Å². The van der Waals surface area contributed by atoms with Crippen molar-refractivity contribution in [3.8, 4) is 5.75 Å². The molecule has 0 saturated heterocycles. The number of nitrogens with zero attached hydrogens (tertiary/aromatic N) is 1. The van der Waals surface area contributed by atoms with Crippen LogP contribution in [-0.2, 0) is 17.6 Å². The molecule has 0 saturated carbocycles. The Hall–Kier alpha value is -2.18. The maximum Gasteiger partial charge on any atom is 0.307 e. The van der Waals surface area contributed by atoms with Crippen LogP contribution in [0.15, 0.2) is 39.8 Å². The molecule has 0 unspecified atom stereocenters. The molecule has 1 N–H and O–H groups in total. The highest BCUT2D eigenvalue weighted by molar-refractivity contribution is 7.99. The zero-order chi connectivity index (χ0) is 20.8. The van der Waals surface area contributed by atoms with Gasteiger partial charge in [0.1, 0.15) is 5.75 Å². The summed E-state index contributed by atoms with van der Waals surface area (Å²) in [5.74, 6) is 0.849. The van der Waals surface area contributed by atoms with Gasteiger partial charge < -0.3 is 14.4 Å². The van der Waals surface area contributed by atoms with Gasteiger partial charge >= 0.3 is 5.97 Å². The zero-order valence-corrected chi connectivity index (χ0v) is 18.1. The highest BCUT2D eigenvalue weighted by Crippen LogP contribution is 2.32. The summed E-state index contributed by atoms with van der Waals surface area (Å²) >= 11 is 7.92. The van der Waals surface area contributed by atoms with E-state index in [0.717, 1.165) is 57.9 Å². The standard InChI is InChI=1S/C22H24ClNO4S/c1-3-5-17-19(8-7-16-14(2)24-28-22(16)17)27-10-4-11-29-20-9-6-15(12-18(20)23)13-21(25)26/h6-9,12H,3-5,10-11,13H2,1-2H3,(H,25,26). The van der Waals surface area contributed by atoms with Crippen LogP contribution in [0.1, 0.15) is 36.6 Å². The number of carbonyl (C=O) groups is 1. The van der Waals surface area contributed by atoms with Gasteiger partial charge in [0.2, 0.25) is 0 Å². The Morgan fingerprint density at radius 2 is 2.14 bits per heavy atom. The van der Waals surface area contributed by atoms with E-state index in [0.29, 0.717) is 17.2 Å². The van der Waals surface area contributed by atoms with E-state index in [1.807, 2.05) is 31.2 Å². The van der Waals surface area contributed by atoms with Crippen molar-refractivity contribution in [2.45, 2.75) is 44.4 Å². The molecule has 0 aliphatic carbocycles. The zero-order valence-electron chi connectivity index (χ0n) is 16.5. The number of carboxylic acid groups (broad SMARTS) is 1. The van der Waals surface area contributed by atoms with Crippen LogP contribution in [0.4, 0.5) is 0 Å². The summed E-state index contributed by atoms with van der Waals surface area (Å²) in [6.07, 6.45) is 2.72. The minimum absolute atomic E-state index is 0.0202. The fraction of sp³-hybridized carbons (Fsp3) is 0.364. The van der Waals surface area contributed by atoms with Crippen molar-refractivity contribution in [2.75, 3.05) is 12.4 Å². The van der Waals surface area contributed by atoms with Crippen LogP contribution in [0.3, 0.4) is 0 Å². The second-order valence-electron chi connectivity index (χ2n) is 6.82. The molecule has 0 aliphatic rings. The van der Waals surface area contributed by atoms with Gasteiger partial charge in [0.05, 0.1) is 23.7 Å². The largest absolute Gasteiger partial charge is 0.493 e. The summed E-state index contributed by atoms with van der Waals surface area (Å²) in [7, 11) is 0. The van der Waals surface area contributed by atoms with Gasteiger partial charge in [0.25, 0.3) is 0 Å². The third-order valence-electron chi connectivity index (χ3n) is 4.54. The topological polar surface area (TPSA) is 72.6 Å².